The second-order valence-electron chi connectivity index (χ2n) is 4.82. The van der Waals surface area contributed by atoms with E-state index in [1.54, 1.807) is 0 Å². The van der Waals surface area contributed by atoms with Crippen LogP contribution in [0, 0.1) is 0 Å². The number of benzene rings is 1. The van der Waals surface area contributed by atoms with Gasteiger partial charge in [-0.1, -0.05) is 39.0 Å². The monoisotopic (exact) mass is 222 g/mol. The third-order valence-electron chi connectivity index (χ3n) is 3.33. The fourth-order valence-electron chi connectivity index (χ4n) is 1.72. The minimum Gasteiger partial charge on any atom is -0.507 e. The van der Waals surface area contributed by atoms with Crippen LogP contribution in [0.3, 0.4) is 0 Å². The first kappa shape index (κ1) is 13.0. The third-order valence-corrected chi connectivity index (χ3v) is 3.33. The average Bonchev–Trinajstić information content (AvgIpc) is 2.28. The molecule has 0 aliphatic rings. The van der Waals surface area contributed by atoms with Gasteiger partial charge in [0.1, 0.15) is 5.75 Å². The van der Waals surface area contributed by atoms with E-state index in [9.17, 15) is 5.11 Å². The van der Waals surface area contributed by atoms with Gasteiger partial charge in [0, 0.05) is 18.2 Å². The number of phenols is 1. The van der Waals surface area contributed by atoms with Gasteiger partial charge in [0.2, 0.25) is 0 Å². The Morgan fingerprint density at radius 2 is 2.00 bits per heavy atom. The SMILES string of the molecule is CCC(C)(C)c1cccc([C@H](N)CN)c1O. The smallest absolute Gasteiger partial charge is 0.124 e. The molecule has 3 nitrogen and oxygen atoms in total. The van der Waals surface area contributed by atoms with Crippen LogP contribution in [0.15, 0.2) is 18.2 Å². The summed E-state index contributed by atoms with van der Waals surface area (Å²) in [6, 6.07) is 5.41. The van der Waals surface area contributed by atoms with E-state index in [1.165, 1.54) is 0 Å². The van der Waals surface area contributed by atoms with Crippen molar-refractivity contribution in [3.05, 3.63) is 29.3 Å². The van der Waals surface area contributed by atoms with Crippen LogP contribution in [0.2, 0.25) is 0 Å². The molecule has 0 radical (unpaired) electrons. The van der Waals surface area contributed by atoms with Crippen molar-refractivity contribution in [2.45, 2.75) is 38.6 Å². The van der Waals surface area contributed by atoms with Gasteiger partial charge in [-0.25, -0.2) is 0 Å². The summed E-state index contributed by atoms with van der Waals surface area (Å²) in [6.45, 7) is 6.66. The number of para-hydroxylation sites is 1. The van der Waals surface area contributed by atoms with Crippen molar-refractivity contribution in [1.82, 2.24) is 0 Å². The van der Waals surface area contributed by atoms with Crippen LogP contribution in [-0.4, -0.2) is 11.7 Å². The maximum atomic E-state index is 10.2. The Morgan fingerprint density at radius 3 is 2.50 bits per heavy atom. The number of rotatable bonds is 4. The lowest BCUT2D eigenvalue weighted by atomic mass is 9.80. The fraction of sp³-hybridized carbons (Fsp3) is 0.538. The summed E-state index contributed by atoms with van der Waals surface area (Å²) in [4.78, 5) is 0. The maximum absolute atomic E-state index is 10.2. The molecule has 0 saturated heterocycles. The molecule has 16 heavy (non-hydrogen) atoms. The van der Waals surface area contributed by atoms with E-state index in [0.717, 1.165) is 17.5 Å². The van der Waals surface area contributed by atoms with Crippen molar-refractivity contribution < 1.29 is 5.11 Å². The standard InChI is InChI=1S/C13H22N2O/c1-4-13(2,3)10-7-5-6-9(12(10)16)11(15)8-14/h5-7,11,16H,4,8,14-15H2,1-3H3/t11-/m1/s1. The van der Waals surface area contributed by atoms with E-state index in [-0.39, 0.29) is 11.5 Å². The lowest BCUT2D eigenvalue weighted by Crippen LogP contribution is -2.22. The molecular weight excluding hydrogens is 200 g/mol. The topological polar surface area (TPSA) is 72.3 Å². The van der Waals surface area contributed by atoms with Crippen LogP contribution in [0.1, 0.15) is 44.4 Å². The second-order valence-corrected chi connectivity index (χ2v) is 4.82. The minimum absolute atomic E-state index is 0.0472. The van der Waals surface area contributed by atoms with Crippen LogP contribution in [-0.2, 0) is 5.41 Å². The zero-order valence-corrected chi connectivity index (χ0v) is 10.3. The first-order chi connectivity index (χ1) is 7.44. The van der Waals surface area contributed by atoms with E-state index in [2.05, 4.69) is 20.8 Å². The second kappa shape index (κ2) is 4.85. The molecule has 1 atom stereocenters. The number of phenolic OH excluding ortho intramolecular Hbond substituents is 1. The lowest BCUT2D eigenvalue weighted by molar-refractivity contribution is 0.419. The van der Waals surface area contributed by atoms with Gasteiger partial charge < -0.3 is 16.6 Å². The normalized spacial score (nSPS) is 13.8. The molecule has 0 bridgehead atoms. The van der Waals surface area contributed by atoms with E-state index in [4.69, 9.17) is 11.5 Å². The van der Waals surface area contributed by atoms with Crippen molar-refractivity contribution in [2.24, 2.45) is 11.5 Å². The summed E-state index contributed by atoms with van der Waals surface area (Å²) in [5.41, 5.74) is 13.0. The van der Waals surface area contributed by atoms with Gasteiger partial charge in [-0.15, -0.1) is 0 Å². The molecule has 0 heterocycles. The molecule has 0 aromatic heterocycles. The molecule has 1 rings (SSSR count). The summed E-state index contributed by atoms with van der Waals surface area (Å²) in [6.07, 6.45) is 0.960. The van der Waals surface area contributed by atoms with E-state index in [0.29, 0.717) is 12.3 Å². The van der Waals surface area contributed by atoms with E-state index < -0.39 is 0 Å². The van der Waals surface area contributed by atoms with Crippen LogP contribution < -0.4 is 11.5 Å². The van der Waals surface area contributed by atoms with Crippen molar-refractivity contribution in [3.63, 3.8) is 0 Å². The molecule has 1 aromatic carbocycles. The molecule has 0 aliphatic heterocycles. The summed E-state index contributed by atoms with van der Waals surface area (Å²) < 4.78 is 0. The fourth-order valence-corrected chi connectivity index (χ4v) is 1.72. The molecular formula is C13H22N2O. The molecule has 0 spiro atoms. The molecule has 0 saturated carbocycles. The minimum atomic E-state index is -0.299. The zero-order chi connectivity index (χ0) is 12.3. The Morgan fingerprint density at radius 1 is 1.38 bits per heavy atom. The quantitative estimate of drug-likeness (QED) is 0.730. The van der Waals surface area contributed by atoms with Crippen molar-refractivity contribution >= 4 is 0 Å². The first-order valence-corrected chi connectivity index (χ1v) is 5.72. The Balaban J connectivity index is 3.24. The van der Waals surface area contributed by atoms with Crippen LogP contribution in [0.5, 0.6) is 5.75 Å². The van der Waals surface area contributed by atoms with Crippen LogP contribution in [0.25, 0.3) is 0 Å². The van der Waals surface area contributed by atoms with E-state index >= 15 is 0 Å². The van der Waals surface area contributed by atoms with Gasteiger partial charge in [0.15, 0.2) is 0 Å². The molecule has 0 amide bonds. The molecule has 5 N–H and O–H groups in total. The largest absolute Gasteiger partial charge is 0.507 e. The molecule has 0 aliphatic carbocycles. The van der Waals surface area contributed by atoms with Crippen molar-refractivity contribution in [2.75, 3.05) is 6.54 Å². The highest BCUT2D eigenvalue weighted by molar-refractivity contribution is 5.45. The predicted molar refractivity (Wildman–Crippen MR) is 67.4 cm³/mol. The summed E-state index contributed by atoms with van der Waals surface area (Å²) in [7, 11) is 0. The third kappa shape index (κ3) is 2.36. The molecule has 0 fully saturated rings. The highest BCUT2D eigenvalue weighted by Crippen LogP contribution is 2.36. The van der Waals surface area contributed by atoms with Gasteiger partial charge in [-0.05, 0) is 17.4 Å². The zero-order valence-electron chi connectivity index (χ0n) is 10.3. The highest BCUT2D eigenvalue weighted by Gasteiger charge is 2.24. The number of nitrogens with two attached hydrogens (primary N) is 2. The number of hydrogen-bond acceptors (Lipinski definition) is 3. The van der Waals surface area contributed by atoms with Crippen molar-refractivity contribution in [3.8, 4) is 5.75 Å². The van der Waals surface area contributed by atoms with Gasteiger partial charge >= 0.3 is 0 Å². The maximum Gasteiger partial charge on any atom is 0.124 e. The lowest BCUT2D eigenvalue weighted by Gasteiger charge is -2.26. The predicted octanol–water partition coefficient (Wildman–Crippen LogP) is 2.04. The Labute approximate surface area is 97.5 Å². The molecule has 90 valence electrons. The first-order valence-electron chi connectivity index (χ1n) is 5.72. The highest BCUT2D eigenvalue weighted by atomic mass is 16.3. The van der Waals surface area contributed by atoms with Gasteiger partial charge in [-0.3, -0.25) is 0 Å². The van der Waals surface area contributed by atoms with Crippen LogP contribution >= 0.6 is 0 Å². The van der Waals surface area contributed by atoms with Crippen LogP contribution in [0.4, 0.5) is 0 Å². The van der Waals surface area contributed by atoms with Gasteiger partial charge in [-0.2, -0.15) is 0 Å². The number of hydrogen-bond donors (Lipinski definition) is 3. The molecule has 1 aromatic rings. The Kier molecular flexibility index (Phi) is 3.94. The number of aromatic hydroxyl groups is 1. The Hall–Kier alpha value is -1.06. The average molecular weight is 222 g/mol. The molecule has 3 heteroatoms. The van der Waals surface area contributed by atoms with Gasteiger partial charge in [0.25, 0.3) is 0 Å². The summed E-state index contributed by atoms with van der Waals surface area (Å²) >= 11 is 0. The Bertz CT molecular complexity index is 361. The molecule has 0 unspecified atom stereocenters. The summed E-state index contributed by atoms with van der Waals surface area (Å²) in [5, 5.41) is 10.2. The van der Waals surface area contributed by atoms with Gasteiger partial charge in [0.05, 0.1) is 0 Å². The van der Waals surface area contributed by atoms with Crippen molar-refractivity contribution in [1.29, 1.82) is 0 Å². The summed E-state index contributed by atoms with van der Waals surface area (Å²) in [5.74, 6) is 0.298. The van der Waals surface area contributed by atoms with E-state index in [1.807, 2.05) is 18.2 Å².